The maximum Gasteiger partial charge on any atom is 0.409 e. The smallest absolute Gasteiger partial charge is 0.409 e. The van der Waals surface area contributed by atoms with Crippen molar-refractivity contribution < 1.29 is 14.3 Å². The number of rotatable bonds is 4. The molecule has 1 saturated heterocycles. The summed E-state index contributed by atoms with van der Waals surface area (Å²) in [5.41, 5.74) is 4.50. The summed E-state index contributed by atoms with van der Waals surface area (Å²) in [6.07, 6.45) is 4.47. The Bertz CT molecular complexity index is 999. The number of carbonyl (C=O) groups excluding carboxylic acids is 2. The molecular formula is C26H31N3O3. The van der Waals surface area contributed by atoms with E-state index in [4.69, 9.17) is 4.74 Å². The van der Waals surface area contributed by atoms with Crippen LogP contribution in [0.5, 0.6) is 0 Å². The number of nitrogens with one attached hydrogen (secondary N) is 1. The molecular weight excluding hydrogens is 402 g/mol. The van der Waals surface area contributed by atoms with Crippen molar-refractivity contribution in [3.63, 3.8) is 0 Å². The van der Waals surface area contributed by atoms with Crippen LogP contribution in [0.15, 0.2) is 48.5 Å². The van der Waals surface area contributed by atoms with Crippen LogP contribution in [0.3, 0.4) is 0 Å². The monoisotopic (exact) mass is 433 g/mol. The molecule has 0 radical (unpaired) electrons. The molecule has 32 heavy (non-hydrogen) atoms. The number of benzene rings is 2. The second-order valence-corrected chi connectivity index (χ2v) is 8.94. The number of fused-ring (bicyclic) bond motifs is 2. The Morgan fingerprint density at radius 2 is 1.75 bits per heavy atom. The predicted molar refractivity (Wildman–Crippen MR) is 122 cm³/mol. The van der Waals surface area contributed by atoms with Crippen molar-refractivity contribution in [2.45, 2.75) is 57.3 Å². The number of carbonyl (C=O) groups is 2. The topological polar surface area (TPSA) is 61.9 Å². The maximum atomic E-state index is 13.6. The number of ether oxygens (including phenoxy) is 1. The summed E-state index contributed by atoms with van der Waals surface area (Å²) < 4.78 is 5.15. The van der Waals surface area contributed by atoms with Gasteiger partial charge in [0.2, 0.25) is 0 Å². The zero-order valence-electron chi connectivity index (χ0n) is 18.6. The molecule has 0 saturated carbocycles. The largest absolute Gasteiger partial charge is 0.450 e. The maximum absolute atomic E-state index is 13.6. The van der Waals surface area contributed by atoms with E-state index in [-0.39, 0.29) is 30.2 Å². The number of aryl methyl sites for hydroxylation is 1. The van der Waals surface area contributed by atoms with Crippen molar-refractivity contribution in [1.82, 2.24) is 15.1 Å². The van der Waals surface area contributed by atoms with Gasteiger partial charge in [-0.15, -0.1) is 0 Å². The molecule has 6 heteroatoms. The highest BCUT2D eigenvalue weighted by Crippen LogP contribution is 2.43. The van der Waals surface area contributed by atoms with E-state index in [2.05, 4.69) is 40.5 Å². The van der Waals surface area contributed by atoms with Crippen LogP contribution in [0.25, 0.3) is 0 Å². The molecule has 3 aliphatic rings. The Morgan fingerprint density at radius 1 is 1.03 bits per heavy atom. The normalized spacial score (nSPS) is 23.1. The van der Waals surface area contributed by atoms with Crippen LogP contribution in [-0.4, -0.2) is 47.5 Å². The number of hydrogen-bond acceptors (Lipinski definition) is 4. The molecule has 6 nitrogen and oxygen atoms in total. The molecule has 1 fully saturated rings. The van der Waals surface area contributed by atoms with Crippen LogP contribution >= 0.6 is 0 Å². The van der Waals surface area contributed by atoms with Crippen LogP contribution in [0, 0.1) is 0 Å². The number of nitrogens with zero attached hydrogens (tertiary/aromatic N) is 2. The minimum atomic E-state index is -0.229. The molecule has 2 atom stereocenters. The van der Waals surface area contributed by atoms with E-state index in [1.165, 1.54) is 11.1 Å². The van der Waals surface area contributed by atoms with Gasteiger partial charge in [-0.3, -0.25) is 10.1 Å². The molecule has 0 bridgehead atoms. The van der Waals surface area contributed by atoms with E-state index < -0.39 is 0 Å². The second kappa shape index (κ2) is 8.94. The van der Waals surface area contributed by atoms with Gasteiger partial charge < -0.3 is 14.5 Å². The number of piperidine rings is 1. The summed E-state index contributed by atoms with van der Waals surface area (Å²) in [5, 5.41) is 3.80. The van der Waals surface area contributed by atoms with Crippen molar-refractivity contribution in [3.8, 4) is 0 Å². The fourth-order valence-electron chi connectivity index (χ4n) is 5.51. The van der Waals surface area contributed by atoms with Gasteiger partial charge in [-0.2, -0.15) is 0 Å². The molecule has 0 unspecified atom stereocenters. The molecule has 2 aromatic carbocycles. The van der Waals surface area contributed by atoms with Gasteiger partial charge in [-0.25, -0.2) is 4.79 Å². The van der Waals surface area contributed by atoms with Crippen molar-refractivity contribution >= 4 is 12.0 Å². The Hall–Kier alpha value is -2.86. The van der Waals surface area contributed by atoms with Crippen molar-refractivity contribution in [2.24, 2.45) is 0 Å². The minimum absolute atomic E-state index is 0.0805. The van der Waals surface area contributed by atoms with E-state index in [1.807, 2.05) is 25.1 Å². The van der Waals surface area contributed by atoms with Crippen LogP contribution < -0.4 is 5.32 Å². The third-order valence-corrected chi connectivity index (χ3v) is 7.09. The molecule has 168 valence electrons. The lowest BCUT2D eigenvalue weighted by molar-refractivity contribution is 0.0504. The first-order valence-corrected chi connectivity index (χ1v) is 11.8. The average molecular weight is 434 g/mol. The Labute approximate surface area is 189 Å². The summed E-state index contributed by atoms with van der Waals surface area (Å²) in [5.74, 6) is 0.115. The van der Waals surface area contributed by atoms with Gasteiger partial charge in [0.15, 0.2) is 0 Å². The summed E-state index contributed by atoms with van der Waals surface area (Å²) in [4.78, 5) is 29.5. The first-order valence-electron chi connectivity index (χ1n) is 11.8. The van der Waals surface area contributed by atoms with Crippen LogP contribution in [0.1, 0.15) is 71.9 Å². The molecule has 5 rings (SSSR count). The first-order chi connectivity index (χ1) is 15.7. The average Bonchev–Trinajstić information content (AvgIpc) is 3.11. The lowest BCUT2D eigenvalue weighted by Crippen LogP contribution is -2.49. The van der Waals surface area contributed by atoms with Gasteiger partial charge in [-0.1, -0.05) is 42.5 Å². The lowest BCUT2D eigenvalue weighted by Gasteiger charge is -2.40. The van der Waals surface area contributed by atoms with E-state index >= 15 is 0 Å². The van der Waals surface area contributed by atoms with Gasteiger partial charge in [0, 0.05) is 30.3 Å². The molecule has 0 spiro atoms. The summed E-state index contributed by atoms with van der Waals surface area (Å²) in [6, 6.07) is 16.9. The highest BCUT2D eigenvalue weighted by Gasteiger charge is 2.43. The zero-order chi connectivity index (χ0) is 22.1. The first kappa shape index (κ1) is 21.0. The molecule has 2 aliphatic heterocycles. The van der Waals surface area contributed by atoms with Gasteiger partial charge in [0.1, 0.15) is 6.17 Å². The van der Waals surface area contributed by atoms with Crippen LogP contribution in [-0.2, 0) is 11.2 Å². The highest BCUT2D eigenvalue weighted by atomic mass is 16.6. The van der Waals surface area contributed by atoms with Gasteiger partial charge in [0.05, 0.1) is 12.6 Å². The summed E-state index contributed by atoms with van der Waals surface area (Å²) in [7, 11) is 0. The van der Waals surface area contributed by atoms with Crippen molar-refractivity contribution in [3.05, 3.63) is 70.8 Å². The number of hydrogen-bond donors (Lipinski definition) is 1. The second-order valence-electron chi connectivity index (χ2n) is 8.94. The van der Waals surface area contributed by atoms with Crippen LogP contribution in [0.2, 0.25) is 0 Å². The quantitative estimate of drug-likeness (QED) is 0.775. The molecule has 1 N–H and O–H groups in total. The molecule has 2 heterocycles. The third kappa shape index (κ3) is 3.77. The van der Waals surface area contributed by atoms with Crippen LogP contribution in [0.4, 0.5) is 4.79 Å². The third-order valence-electron chi connectivity index (χ3n) is 7.09. The summed E-state index contributed by atoms with van der Waals surface area (Å²) in [6.45, 7) is 3.57. The molecule has 2 amide bonds. The van der Waals surface area contributed by atoms with E-state index in [0.29, 0.717) is 19.7 Å². The van der Waals surface area contributed by atoms with Crippen molar-refractivity contribution in [2.75, 3.05) is 19.7 Å². The number of likely N-dealkylation sites (tertiary alicyclic amines) is 1. The van der Waals surface area contributed by atoms with E-state index in [1.54, 1.807) is 4.90 Å². The Balaban J connectivity index is 1.39. The molecule has 2 aromatic rings. The van der Waals surface area contributed by atoms with Gasteiger partial charge in [0.25, 0.3) is 5.91 Å². The Morgan fingerprint density at radius 3 is 2.53 bits per heavy atom. The molecule has 0 aromatic heterocycles. The predicted octanol–water partition coefficient (Wildman–Crippen LogP) is 4.43. The zero-order valence-corrected chi connectivity index (χ0v) is 18.6. The van der Waals surface area contributed by atoms with E-state index in [0.717, 1.165) is 43.2 Å². The Kier molecular flexibility index (Phi) is 5.87. The SMILES string of the molecule is CCOC(=O)N1CCC(N[C@H]2c3ccccc3C(=O)N2[C@@H]2CCCc3ccccc32)CC1. The van der Waals surface area contributed by atoms with Gasteiger partial charge in [-0.05, 0) is 56.2 Å². The van der Waals surface area contributed by atoms with E-state index in [9.17, 15) is 9.59 Å². The number of amides is 2. The minimum Gasteiger partial charge on any atom is -0.450 e. The fraction of sp³-hybridized carbons (Fsp3) is 0.462. The van der Waals surface area contributed by atoms with Crippen molar-refractivity contribution in [1.29, 1.82) is 0 Å². The lowest BCUT2D eigenvalue weighted by atomic mass is 9.86. The highest BCUT2D eigenvalue weighted by molar-refractivity contribution is 5.99. The van der Waals surface area contributed by atoms with Gasteiger partial charge >= 0.3 is 6.09 Å². The summed E-state index contributed by atoms with van der Waals surface area (Å²) >= 11 is 0. The molecule has 1 aliphatic carbocycles. The fourth-order valence-corrected chi connectivity index (χ4v) is 5.51. The standard InChI is InChI=1S/C26H31N3O3/c1-2-32-26(31)28-16-14-19(15-17-28)27-24-21-11-5-6-12-22(21)25(30)29(24)23-13-7-9-18-8-3-4-10-20(18)23/h3-6,8,10-12,19,23-24,27H,2,7,9,13-17H2,1H3/t23-,24-/m1/s1.